The normalized spacial score (nSPS) is 10.4. The number of rotatable bonds is 4. The second-order valence-corrected chi connectivity index (χ2v) is 4.53. The lowest BCUT2D eigenvalue weighted by molar-refractivity contribution is 0.607. The Morgan fingerprint density at radius 2 is 1.89 bits per heavy atom. The molecule has 0 aliphatic rings. The van der Waals surface area contributed by atoms with E-state index in [1.54, 1.807) is 24.5 Å². The van der Waals surface area contributed by atoms with Gasteiger partial charge in [-0.25, -0.2) is 14.4 Å². The first-order chi connectivity index (χ1) is 8.70. The van der Waals surface area contributed by atoms with Gasteiger partial charge in [0.15, 0.2) is 0 Å². The van der Waals surface area contributed by atoms with Gasteiger partial charge in [0.2, 0.25) is 5.95 Å². The molecule has 0 fully saturated rings. The molecule has 0 N–H and O–H groups in total. The second-order valence-electron chi connectivity index (χ2n) is 3.97. The van der Waals surface area contributed by atoms with Crippen LogP contribution in [0.3, 0.4) is 0 Å². The molecule has 2 aromatic rings. The first-order valence-corrected chi connectivity index (χ1v) is 6.64. The van der Waals surface area contributed by atoms with Crippen LogP contribution in [0.1, 0.15) is 11.1 Å². The van der Waals surface area contributed by atoms with Crippen molar-refractivity contribution in [2.45, 2.75) is 11.9 Å². The van der Waals surface area contributed by atoms with Gasteiger partial charge in [0, 0.05) is 36.9 Å². The molecule has 1 heterocycles. The highest BCUT2D eigenvalue weighted by Crippen LogP contribution is 2.13. The zero-order chi connectivity index (χ0) is 13.0. The highest BCUT2D eigenvalue weighted by Gasteiger charge is 2.08. The van der Waals surface area contributed by atoms with Crippen molar-refractivity contribution in [3.05, 3.63) is 53.6 Å². The smallest absolute Gasteiger partial charge is 0.225 e. The number of benzene rings is 1. The van der Waals surface area contributed by atoms with Gasteiger partial charge in [0.1, 0.15) is 5.82 Å². The summed E-state index contributed by atoms with van der Waals surface area (Å²) in [6.45, 7) is 0.445. The Morgan fingerprint density at radius 1 is 1.22 bits per heavy atom. The molecule has 0 unspecified atom stereocenters. The number of halogens is 2. The molecule has 1 aromatic heterocycles. The van der Waals surface area contributed by atoms with Crippen molar-refractivity contribution in [1.82, 2.24) is 9.97 Å². The van der Waals surface area contributed by atoms with Gasteiger partial charge < -0.3 is 4.90 Å². The minimum absolute atomic E-state index is 0.207. The van der Waals surface area contributed by atoms with Gasteiger partial charge >= 0.3 is 0 Å². The lowest BCUT2D eigenvalue weighted by atomic mass is 10.2. The molecule has 0 aliphatic heterocycles. The summed E-state index contributed by atoms with van der Waals surface area (Å²) in [5, 5.41) is 0.726. The maximum Gasteiger partial charge on any atom is 0.225 e. The molecule has 0 spiro atoms. The van der Waals surface area contributed by atoms with Crippen molar-refractivity contribution < 1.29 is 4.39 Å². The first kappa shape index (κ1) is 13.0. The van der Waals surface area contributed by atoms with Crippen LogP contribution in [0.2, 0.25) is 0 Å². The fourth-order valence-corrected chi connectivity index (χ4v) is 1.86. The molecule has 94 valence electrons. The number of nitrogens with zero attached hydrogens (tertiary/aromatic N) is 3. The summed E-state index contributed by atoms with van der Waals surface area (Å²) in [4.78, 5) is 10.3. The molecule has 0 aliphatic carbocycles. The minimum atomic E-state index is -0.207. The standard InChI is InChI=1S/C13H13BrFN3/c1-18(9-11-4-2-3-5-12(11)15)13-16-7-10(6-14)8-17-13/h2-5,7-8H,6,9H2,1H3. The van der Waals surface area contributed by atoms with E-state index in [0.29, 0.717) is 18.1 Å². The van der Waals surface area contributed by atoms with Gasteiger partial charge in [-0.2, -0.15) is 0 Å². The number of hydrogen-bond acceptors (Lipinski definition) is 3. The van der Waals surface area contributed by atoms with E-state index in [-0.39, 0.29) is 5.82 Å². The van der Waals surface area contributed by atoms with Crippen molar-refractivity contribution >= 4 is 21.9 Å². The summed E-state index contributed by atoms with van der Waals surface area (Å²) in [6.07, 6.45) is 3.52. The number of anilines is 1. The van der Waals surface area contributed by atoms with Gasteiger partial charge in [-0.1, -0.05) is 34.1 Å². The Morgan fingerprint density at radius 3 is 2.50 bits per heavy atom. The van der Waals surface area contributed by atoms with Gasteiger partial charge in [0.05, 0.1) is 0 Å². The van der Waals surface area contributed by atoms with Crippen LogP contribution in [0.25, 0.3) is 0 Å². The SMILES string of the molecule is CN(Cc1ccccc1F)c1ncc(CBr)cn1. The number of alkyl halides is 1. The van der Waals surface area contributed by atoms with E-state index in [4.69, 9.17) is 0 Å². The molecule has 3 nitrogen and oxygen atoms in total. The fourth-order valence-electron chi connectivity index (χ4n) is 1.57. The van der Waals surface area contributed by atoms with Crippen LogP contribution < -0.4 is 4.90 Å². The Bertz CT molecular complexity index is 516. The van der Waals surface area contributed by atoms with Crippen LogP contribution in [-0.2, 0) is 11.9 Å². The third-order valence-corrected chi connectivity index (χ3v) is 3.20. The van der Waals surface area contributed by atoms with Crippen molar-refractivity contribution in [2.24, 2.45) is 0 Å². The molecule has 5 heteroatoms. The largest absolute Gasteiger partial charge is 0.339 e. The average molecular weight is 310 g/mol. The minimum Gasteiger partial charge on any atom is -0.339 e. The molecular formula is C13H13BrFN3. The fraction of sp³-hybridized carbons (Fsp3) is 0.231. The lowest BCUT2D eigenvalue weighted by Gasteiger charge is -2.17. The van der Waals surface area contributed by atoms with Gasteiger partial charge in [-0.05, 0) is 11.6 Å². The van der Waals surface area contributed by atoms with E-state index in [2.05, 4.69) is 25.9 Å². The monoisotopic (exact) mass is 309 g/mol. The molecule has 18 heavy (non-hydrogen) atoms. The third kappa shape index (κ3) is 3.04. The van der Waals surface area contributed by atoms with Crippen molar-refractivity contribution in [3.8, 4) is 0 Å². The van der Waals surface area contributed by atoms with Crippen molar-refractivity contribution in [2.75, 3.05) is 11.9 Å². The molecule has 0 radical (unpaired) electrons. The molecule has 0 atom stereocenters. The first-order valence-electron chi connectivity index (χ1n) is 5.52. The number of hydrogen-bond donors (Lipinski definition) is 0. The lowest BCUT2D eigenvalue weighted by Crippen LogP contribution is -2.19. The predicted octanol–water partition coefficient (Wildman–Crippen LogP) is 3.15. The van der Waals surface area contributed by atoms with Crippen LogP contribution in [0.15, 0.2) is 36.7 Å². The van der Waals surface area contributed by atoms with E-state index in [9.17, 15) is 4.39 Å². The molecule has 2 rings (SSSR count). The van der Waals surface area contributed by atoms with Crippen LogP contribution in [-0.4, -0.2) is 17.0 Å². The van der Waals surface area contributed by atoms with Crippen molar-refractivity contribution in [3.63, 3.8) is 0 Å². The van der Waals surface area contributed by atoms with Crippen molar-refractivity contribution in [1.29, 1.82) is 0 Å². The summed E-state index contributed by atoms with van der Waals surface area (Å²) in [6, 6.07) is 6.72. The molecular weight excluding hydrogens is 297 g/mol. The van der Waals surface area contributed by atoms with E-state index < -0.39 is 0 Å². The third-order valence-electron chi connectivity index (χ3n) is 2.55. The van der Waals surface area contributed by atoms with Gasteiger partial charge in [-0.3, -0.25) is 0 Å². The maximum atomic E-state index is 13.5. The maximum absolute atomic E-state index is 13.5. The quantitative estimate of drug-likeness (QED) is 0.812. The van der Waals surface area contributed by atoms with Crippen LogP contribution >= 0.6 is 15.9 Å². The zero-order valence-corrected chi connectivity index (χ0v) is 11.6. The van der Waals surface area contributed by atoms with E-state index in [1.165, 1.54) is 6.07 Å². The Balaban J connectivity index is 2.11. The molecule has 0 amide bonds. The zero-order valence-electron chi connectivity index (χ0n) is 9.98. The summed E-state index contributed by atoms with van der Waals surface area (Å²) < 4.78 is 13.5. The predicted molar refractivity (Wildman–Crippen MR) is 73.2 cm³/mol. The molecule has 1 aromatic carbocycles. The highest BCUT2D eigenvalue weighted by molar-refractivity contribution is 9.08. The van der Waals surface area contributed by atoms with E-state index in [1.807, 2.05) is 18.0 Å². The summed E-state index contributed by atoms with van der Waals surface area (Å²) in [5.41, 5.74) is 1.64. The Kier molecular flexibility index (Phi) is 4.25. The van der Waals surface area contributed by atoms with Gasteiger partial charge in [-0.15, -0.1) is 0 Å². The Labute approximate surface area is 114 Å². The van der Waals surface area contributed by atoms with Crippen LogP contribution in [0.4, 0.5) is 10.3 Å². The highest BCUT2D eigenvalue weighted by atomic mass is 79.9. The molecule has 0 bridgehead atoms. The van der Waals surface area contributed by atoms with E-state index in [0.717, 1.165) is 10.9 Å². The summed E-state index contributed by atoms with van der Waals surface area (Å²) in [5.74, 6) is 0.379. The molecule has 0 saturated carbocycles. The van der Waals surface area contributed by atoms with Crippen LogP contribution in [0.5, 0.6) is 0 Å². The Hall–Kier alpha value is -1.49. The number of aromatic nitrogens is 2. The summed E-state index contributed by atoms with van der Waals surface area (Å²) >= 11 is 3.34. The second kappa shape index (κ2) is 5.91. The van der Waals surface area contributed by atoms with E-state index >= 15 is 0 Å². The topological polar surface area (TPSA) is 29.0 Å². The van der Waals surface area contributed by atoms with Crippen LogP contribution in [0, 0.1) is 5.82 Å². The average Bonchev–Trinajstić information content (AvgIpc) is 2.41. The van der Waals surface area contributed by atoms with Gasteiger partial charge in [0.25, 0.3) is 0 Å². The molecule has 0 saturated heterocycles. The summed E-state index contributed by atoms with van der Waals surface area (Å²) in [7, 11) is 1.84.